The van der Waals surface area contributed by atoms with E-state index in [2.05, 4.69) is 6.58 Å². The number of nitrogens with two attached hydrogens (primary N) is 1. The third-order valence-corrected chi connectivity index (χ3v) is 5.26. The maximum absolute atomic E-state index is 13.6. The van der Waals surface area contributed by atoms with Crippen LogP contribution in [0.25, 0.3) is 0 Å². The number of hydrogen-bond acceptors (Lipinski definition) is 3. The van der Waals surface area contributed by atoms with Gasteiger partial charge >= 0.3 is 0 Å². The first-order valence-corrected chi connectivity index (χ1v) is 7.87. The van der Waals surface area contributed by atoms with Crippen LogP contribution in [0.5, 0.6) is 0 Å². The first kappa shape index (κ1) is 16.7. The first-order chi connectivity index (χ1) is 9.27. The molecule has 0 bridgehead atoms. The standard InChI is InChI=1S/C14H21FN2O2S/c1-5-7-17(8-6-2)20(18,19)14-10(3)9-12(15)13(16)11(14)4/h5,9H,1,6-8,16H2,2-4H3. The molecule has 2 N–H and O–H groups in total. The summed E-state index contributed by atoms with van der Waals surface area (Å²) in [5.74, 6) is -0.593. The monoisotopic (exact) mass is 300 g/mol. The van der Waals surface area contributed by atoms with Crippen LogP contribution in [0, 0.1) is 19.7 Å². The highest BCUT2D eigenvalue weighted by Crippen LogP contribution is 2.29. The molecule has 1 rings (SSSR count). The second-order valence-electron chi connectivity index (χ2n) is 4.69. The molecule has 0 atom stereocenters. The smallest absolute Gasteiger partial charge is 0.243 e. The van der Waals surface area contributed by atoms with Gasteiger partial charge in [0.25, 0.3) is 0 Å². The molecular weight excluding hydrogens is 279 g/mol. The highest BCUT2D eigenvalue weighted by Gasteiger charge is 2.28. The van der Waals surface area contributed by atoms with Crippen LogP contribution in [-0.4, -0.2) is 25.8 Å². The first-order valence-electron chi connectivity index (χ1n) is 6.43. The van der Waals surface area contributed by atoms with Gasteiger partial charge in [-0.25, -0.2) is 12.8 Å². The maximum Gasteiger partial charge on any atom is 0.243 e. The van der Waals surface area contributed by atoms with Crippen LogP contribution in [0.1, 0.15) is 24.5 Å². The molecule has 6 heteroatoms. The summed E-state index contributed by atoms with van der Waals surface area (Å²) in [6.45, 7) is 9.16. The van der Waals surface area contributed by atoms with Gasteiger partial charge < -0.3 is 5.73 Å². The fourth-order valence-electron chi connectivity index (χ4n) is 2.16. The van der Waals surface area contributed by atoms with Crippen molar-refractivity contribution in [3.05, 3.63) is 35.7 Å². The Kier molecular flexibility index (Phi) is 5.30. The molecule has 1 aromatic carbocycles. The van der Waals surface area contributed by atoms with Gasteiger partial charge in [0.15, 0.2) is 0 Å². The Morgan fingerprint density at radius 2 is 2.05 bits per heavy atom. The molecule has 0 aromatic heterocycles. The van der Waals surface area contributed by atoms with Crippen LogP contribution in [0.3, 0.4) is 0 Å². The number of anilines is 1. The molecule has 0 saturated heterocycles. The van der Waals surface area contributed by atoms with E-state index in [1.807, 2.05) is 6.92 Å². The highest BCUT2D eigenvalue weighted by molar-refractivity contribution is 7.89. The molecule has 0 saturated carbocycles. The molecular formula is C14H21FN2O2S. The van der Waals surface area contributed by atoms with E-state index in [9.17, 15) is 12.8 Å². The fourth-order valence-corrected chi connectivity index (χ4v) is 4.11. The van der Waals surface area contributed by atoms with E-state index in [1.165, 1.54) is 17.3 Å². The molecule has 0 unspecified atom stereocenters. The maximum atomic E-state index is 13.6. The number of nitrogen functional groups attached to an aromatic ring is 1. The second-order valence-corrected chi connectivity index (χ2v) is 6.57. The van der Waals surface area contributed by atoms with Crippen LogP contribution in [0.2, 0.25) is 0 Å². The molecule has 112 valence electrons. The van der Waals surface area contributed by atoms with Crippen molar-refractivity contribution in [2.75, 3.05) is 18.8 Å². The van der Waals surface area contributed by atoms with E-state index in [4.69, 9.17) is 5.73 Å². The molecule has 4 nitrogen and oxygen atoms in total. The van der Waals surface area contributed by atoms with Gasteiger partial charge in [0.1, 0.15) is 5.82 Å². The Bertz CT molecular complexity index is 612. The second kappa shape index (κ2) is 6.37. The van der Waals surface area contributed by atoms with Crippen LogP contribution < -0.4 is 5.73 Å². The van der Waals surface area contributed by atoms with Crippen molar-refractivity contribution >= 4 is 15.7 Å². The molecule has 0 amide bonds. The van der Waals surface area contributed by atoms with E-state index in [0.717, 1.165) is 6.07 Å². The zero-order valence-electron chi connectivity index (χ0n) is 12.1. The van der Waals surface area contributed by atoms with E-state index in [1.54, 1.807) is 6.92 Å². The molecule has 0 aliphatic heterocycles. The lowest BCUT2D eigenvalue weighted by Crippen LogP contribution is -2.33. The number of benzene rings is 1. The zero-order chi connectivity index (χ0) is 15.5. The third-order valence-electron chi connectivity index (χ3n) is 3.11. The van der Waals surface area contributed by atoms with Crippen molar-refractivity contribution in [1.82, 2.24) is 4.31 Å². The van der Waals surface area contributed by atoms with Gasteiger partial charge in [-0.05, 0) is 37.5 Å². The molecule has 1 aromatic rings. The van der Waals surface area contributed by atoms with Crippen molar-refractivity contribution in [2.24, 2.45) is 0 Å². The lowest BCUT2D eigenvalue weighted by Gasteiger charge is -2.23. The molecule has 20 heavy (non-hydrogen) atoms. The van der Waals surface area contributed by atoms with Crippen molar-refractivity contribution in [1.29, 1.82) is 0 Å². The third kappa shape index (κ3) is 3.02. The normalized spacial score (nSPS) is 11.8. The van der Waals surface area contributed by atoms with Gasteiger partial charge in [0.05, 0.1) is 10.6 Å². The summed E-state index contributed by atoms with van der Waals surface area (Å²) in [7, 11) is -3.71. The van der Waals surface area contributed by atoms with Gasteiger partial charge in [0, 0.05) is 13.1 Å². The minimum Gasteiger partial charge on any atom is -0.396 e. The van der Waals surface area contributed by atoms with Gasteiger partial charge in [-0.1, -0.05) is 13.0 Å². The van der Waals surface area contributed by atoms with Crippen molar-refractivity contribution in [3.63, 3.8) is 0 Å². The number of halogens is 1. The average molecular weight is 300 g/mol. The van der Waals surface area contributed by atoms with Crippen molar-refractivity contribution in [2.45, 2.75) is 32.1 Å². The number of nitrogens with zero attached hydrogens (tertiary/aromatic N) is 1. The van der Waals surface area contributed by atoms with Gasteiger partial charge in [-0.15, -0.1) is 6.58 Å². The average Bonchev–Trinajstić information content (AvgIpc) is 2.35. The summed E-state index contributed by atoms with van der Waals surface area (Å²) in [6, 6.07) is 1.16. The van der Waals surface area contributed by atoms with E-state index >= 15 is 0 Å². The summed E-state index contributed by atoms with van der Waals surface area (Å²) in [5.41, 5.74) is 6.11. The Hall–Kier alpha value is -1.40. The van der Waals surface area contributed by atoms with E-state index in [-0.39, 0.29) is 22.7 Å². The summed E-state index contributed by atoms with van der Waals surface area (Å²) < 4.78 is 40.3. The van der Waals surface area contributed by atoms with Crippen molar-refractivity contribution in [3.8, 4) is 0 Å². The highest BCUT2D eigenvalue weighted by atomic mass is 32.2. The minimum atomic E-state index is -3.71. The number of sulfonamides is 1. The van der Waals surface area contributed by atoms with Gasteiger partial charge in [-0.3, -0.25) is 0 Å². The summed E-state index contributed by atoms with van der Waals surface area (Å²) in [6.07, 6.45) is 2.21. The molecule has 0 aliphatic rings. The number of hydrogen-bond donors (Lipinski definition) is 1. The topological polar surface area (TPSA) is 63.4 Å². The van der Waals surface area contributed by atoms with E-state index in [0.29, 0.717) is 18.5 Å². The lowest BCUT2D eigenvalue weighted by molar-refractivity contribution is 0.440. The Balaban J connectivity index is 3.49. The predicted molar refractivity (Wildman–Crippen MR) is 79.5 cm³/mol. The fraction of sp³-hybridized carbons (Fsp3) is 0.429. The molecule has 0 heterocycles. The SMILES string of the molecule is C=CCN(CCC)S(=O)(=O)c1c(C)cc(F)c(N)c1C. The lowest BCUT2D eigenvalue weighted by atomic mass is 10.1. The largest absolute Gasteiger partial charge is 0.396 e. The predicted octanol–water partition coefficient (Wildman–Crippen LogP) is 2.61. The summed E-state index contributed by atoms with van der Waals surface area (Å²) in [5, 5.41) is 0. The van der Waals surface area contributed by atoms with Crippen molar-refractivity contribution < 1.29 is 12.8 Å². The zero-order valence-corrected chi connectivity index (χ0v) is 12.9. The Morgan fingerprint density at radius 3 is 2.55 bits per heavy atom. The van der Waals surface area contributed by atoms with Crippen LogP contribution in [-0.2, 0) is 10.0 Å². The van der Waals surface area contributed by atoms with Gasteiger partial charge in [0.2, 0.25) is 10.0 Å². The molecule has 0 aliphatic carbocycles. The van der Waals surface area contributed by atoms with Crippen LogP contribution in [0.4, 0.5) is 10.1 Å². The molecule has 0 fully saturated rings. The van der Waals surface area contributed by atoms with Crippen LogP contribution >= 0.6 is 0 Å². The van der Waals surface area contributed by atoms with Crippen LogP contribution in [0.15, 0.2) is 23.6 Å². The van der Waals surface area contributed by atoms with Gasteiger partial charge in [-0.2, -0.15) is 4.31 Å². The molecule has 0 radical (unpaired) electrons. The Labute approximate surface area is 120 Å². The number of rotatable bonds is 6. The van der Waals surface area contributed by atoms with E-state index < -0.39 is 15.8 Å². The Morgan fingerprint density at radius 1 is 1.45 bits per heavy atom. The quantitative estimate of drug-likeness (QED) is 0.649. The number of aryl methyl sites for hydroxylation is 1. The summed E-state index contributed by atoms with van der Waals surface area (Å²) in [4.78, 5) is 0.0895. The minimum absolute atomic E-state index is 0.0895. The molecule has 0 spiro atoms. The summed E-state index contributed by atoms with van der Waals surface area (Å²) >= 11 is 0.